The minimum atomic E-state index is -4.62. The van der Waals surface area contributed by atoms with E-state index >= 15 is 0 Å². The van der Waals surface area contributed by atoms with Crippen LogP contribution in [0.2, 0.25) is 0 Å². The zero-order valence-electron chi connectivity index (χ0n) is 20.6. The molecule has 3 rings (SSSR count). The summed E-state index contributed by atoms with van der Waals surface area (Å²) in [5, 5.41) is 10.1. The van der Waals surface area contributed by atoms with Crippen molar-refractivity contribution in [3.8, 4) is 5.75 Å². The average Bonchev–Trinajstić information content (AvgIpc) is 2.75. The van der Waals surface area contributed by atoms with E-state index in [1.165, 1.54) is 0 Å². The maximum atomic E-state index is 13.0. The van der Waals surface area contributed by atoms with E-state index in [9.17, 15) is 23.1 Å². The SMILES string of the molecule is CC(C)(C)c1ccc([I+](OC(=O)c2ccc(C(F)(F)F)cc2O)c2ccc(C(C)(C)C)cc2)cc1. The van der Waals surface area contributed by atoms with Crippen LogP contribution in [-0.2, 0) is 20.1 Å². The Kier molecular flexibility index (Phi) is 7.60. The first-order valence-electron chi connectivity index (χ1n) is 11.1. The van der Waals surface area contributed by atoms with E-state index < -0.39 is 43.7 Å². The molecule has 0 spiro atoms. The summed E-state index contributed by atoms with van der Waals surface area (Å²) in [6.07, 6.45) is -4.62. The number of hydrogen-bond donors (Lipinski definition) is 1. The van der Waals surface area contributed by atoms with Gasteiger partial charge >= 0.3 is 32.4 Å². The highest BCUT2D eigenvalue weighted by Gasteiger charge is 2.37. The number of rotatable bonds is 4. The molecular formula is C28H30F3IO3+. The lowest BCUT2D eigenvalue weighted by molar-refractivity contribution is -1.04. The highest BCUT2D eigenvalue weighted by atomic mass is 127. The van der Waals surface area contributed by atoms with Crippen molar-refractivity contribution in [3.05, 3.63) is 96.1 Å². The summed E-state index contributed by atoms with van der Waals surface area (Å²) in [5.41, 5.74) is 0.845. The van der Waals surface area contributed by atoms with E-state index in [1.54, 1.807) is 0 Å². The van der Waals surface area contributed by atoms with Crippen LogP contribution in [0.5, 0.6) is 5.75 Å². The maximum Gasteiger partial charge on any atom is 0.416 e. The zero-order valence-corrected chi connectivity index (χ0v) is 22.8. The van der Waals surface area contributed by atoms with E-state index in [2.05, 4.69) is 41.5 Å². The van der Waals surface area contributed by atoms with Gasteiger partial charge in [-0.2, -0.15) is 13.2 Å². The summed E-state index contributed by atoms with van der Waals surface area (Å²) in [4.78, 5) is 13.0. The number of hydrogen-bond acceptors (Lipinski definition) is 3. The monoisotopic (exact) mass is 598 g/mol. The van der Waals surface area contributed by atoms with E-state index in [1.807, 2.05) is 48.5 Å². The molecule has 0 fully saturated rings. The Hall–Kier alpha value is -2.55. The first-order chi connectivity index (χ1) is 16.1. The molecule has 1 N–H and O–H groups in total. The Morgan fingerprint density at radius 1 is 0.714 bits per heavy atom. The van der Waals surface area contributed by atoms with Crippen LogP contribution in [0.3, 0.4) is 0 Å². The molecule has 0 bridgehead atoms. The van der Waals surface area contributed by atoms with Gasteiger partial charge in [0.1, 0.15) is 11.3 Å². The molecule has 0 unspecified atom stereocenters. The maximum absolute atomic E-state index is 13.0. The molecule has 3 aromatic carbocycles. The van der Waals surface area contributed by atoms with Crippen molar-refractivity contribution in [1.82, 2.24) is 0 Å². The minimum Gasteiger partial charge on any atom is -0.507 e. The van der Waals surface area contributed by atoms with E-state index in [-0.39, 0.29) is 16.4 Å². The van der Waals surface area contributed by atoms with Crippen LogP contribution in [-0.4, -0.2) is 11.1 Å². The summed E-state index contributed by atoms with van der Waals surface area (Å²) in [6.45, 7) is 12.6. The molecule has 0 heterocycles. The average molecular weight is 598 g/mol. The first kappa shape index (κ1) is 27.0. The van der Waals surface area contributed by atoms with E-state index in [0.29, 0.717) is 6.07 Å². The number of carbonyl (C=O) groups is 1. The van der Waals surface area contributed by atoms with Gasteiger partial charge in [-0.25, -0.2) is 7.86 Å². The van der Waals surface area contributed by atoms with Crippen molar-refractivity contribution in [1.29, 1.82) is 0 Å². The molecule has 0 atom stereocenters. The second kappa shape index (κ2) is 9.84. The number of aromatic hydroxyl groups is 1. The summed E-state index contributed by atoms with van der Waals surface area (Å²) < 4.78 is 46.6. The lowest BCUT2D eigenvalue weighted by Gasteiger charge is -2.19. The second-order valence-corrected chi connectivity index (χ2v) is 14.7. The number of benzene rings is 3. The standard InChI is InChI=1S/C28H30F3IO3/c1-26(2,3)18-7-12-21(13-8-18)32(22-14-9-19(10-15-22)27(4,5)6)35-25(34)23-16-11-20(17-24(23)33)28(29,30)31/h7-17,33H,1-6H3/q+1. The number of alkyl halides is 3. The zero-order chi connectivity index (χ0) is 26.2. The lowest BCUT2D eigenvalue weighted by atomic mass is 9.87. The number of carbonyl (C=O) groups excluding carboxylic acids is 1. The van der Waals surface area contributed by atoms with Crippen molar-refractivity contribution >= 4 is 5.97 Å². The fourth-order valence-corrected chi connectivity index (χ4v) is 7.23. The molecule has 3 aromatic rings. The Labute approximate surface area is 212 Å². The molecular weight excluding hydrogens is 568 g/mol. The van der Waals surface area contributed by atoms with Gasteiger partial charge in [0.2, 0.25) is 0 Å². The molecule has 0 aromatic heterocycles. The van der Waals surface area contributed by atoms with Gasteiger partial charge in [-0.3, -0.25) is 0 Å². The van der Waals surface area contributed by atoms with Crippen LogP contribution < -0.4 is 20.2 Å². The van der Waals surface area contributed by atoms with Crippen LogP contribution >= 0.6 is 0 Å². The summed E-state index contributed by atoms with van der Waals surface area (Å²) in [7, 11) is 0. The van der Waals surface area contributed by atoms with E-state index in [4.69, 9.17) is 3.07 Å². The Balaban J connectivity index is 1.99. The molecule has 0 saturated heterocycles. The van der Waals surface area contributed by atoms with Crippen LogP contribution in [0.25, 0.3) is 0 Å². The molecule has 0 aliphatic heterocycles. The van der Waals surface area contributed by atoms with Gasteiger partial charge in [-0.1, -0.05) is 65.8 Å². The lowest BCUT2D eigenvalue weighted by Crippen LogP contribution is -3.85. The first-order valence-corrected chi connectivity index (χ1v) is 14.2. The minimum absolute atomic E-state index is 0.0470. The highest BCUT2D eigenvalue weighted by Crippen LogP contribution is 2.32. The third-order valence-corrected chi connectivity index (χ3v) is 10.1. The van der Waals surface area contributed by atoms with Gasteiger partial charge in [0, 0.05) is 0 Å². The highest BCUT2D eigenvalue weighted by molar-refractivity contribution is 5.92. The smallest absolute Gasteiger partial charge is 0.416 e. The predicted molar refractivity (Wildman–Crippen MR) is 126 cm³/mol. The van der Waals surface area contributed by atoms with Crippen molar-refractivity contribution in [2.75, 3.05) is 0 Å². The Bertz CT molecular complexity index is 1130. The fourth-order valence-electron chi connectivity index (χ4n) is 3.34. The van der Waals surface area contributed by atoms with Gasteiger partial charge in [0.25, 0.3) is 0 Å². The summed E-state index contributed by atoms with van der Waals surface area (Å²) in [6, 6.07) is 18.1. The molecule has 0 saturated carbocycles. The van der Waals surface area contributed by atoms with Gasteiger partial charge in [0.05, 0.1) is 5.56 Å². The van der Waals surface area contributed by atoms with Gasteiger partial charge in [-0.05, 0) is 64.4 Å². The summed E-state index contributed by atoms with van der Waals surface area (Å²) >= 11 is -2.80. The number of phenols is 1. The molecule has 0 aliphatic rings. The third kappa shape index (κ3) is 6.57. The number of phenolic OH excluding ortho intramolecular Hbond substituents is 1. The second-order valence-electron chi connectivity index (χ2n) is 10.4. The molecule has 7 heteroatoms. The molecule has 187 valence electrons. The van der Waals surface area contributed by atoms with Gasteiger partial charge in [0.15, 0.2) is 7.14 Å². The normalized spacial score (nSPS) is 12.6. The fraction of sp³-hybridized carbons (Fsp3) is 0.321. The van der Waals surface area contributed by atoms with E-state index in [0.717, 1.165) is 30.4 Å². The van der Waals surface area contributed by atoms with Gasteiger partial charge in [-0.15, -0.1) is 0 Å². The van der Waals surface area contributed by atoms with Crippen LogP contribution in [0.15, 0.2) is 66.7 Å². The third-order valence-electron chi connectivity index (χ3n) is 5.51. The number of halogens is 4. The molecule has 3 nitrogen and oxygen atoms in total. The Morgan fingerprint density at radius 3 is 1.46 bits per heavy atom. The topological polar surface area (TPSA) is 46.5 Å². The molecule has 0 amide bonds. The van der Waals surface area contributed by atoms with Crippen LogP contribution in [0.1, 0.15) is 68.6 Å². The van der Waals surface area contributed by atoms with Crippen molar-refractivity contribution in [3.63, 3.8) is 0 Å². The molecule has 1 radical (unpaired) electrons. The Morgan fingerprint density at radius 2 is 1.11 bits per heavy atom. The molecule has 0 aliphatic carbocycles. The van der Waals surface area contributed by atoms with Crippen LogP contribution in [0.4, 0.5) is 13.2 Å². The van der Waals surface area contributed by atoms with Gasteiger partial charge < -0.3 is 5.11 Å². The predicted octanol–water partition coefficient (Wildman–Crippen LogP) is 4.44. The van der Waals surface area contributed by atoms with Crippen molar-refractivity contribution in [2.24, 2.45) is 0 Å². The van der Waals surface area contributed by atoms with Crippen molar-refractivity contribution in [2.45, 2.75) is 58.5 Å². The molecule has 35 heavy (non-hydrogen) atoms. The summed E-state index contributed by atoms with van der Waals surface area (Å²) in [5.74, 6) is -1.60. The van der Waals surface area contributed by atoms with Crippen molar-refractivity contribution < 1.29 is 46.4 Å². The quantitative estimate of drug-likeness (QED) is 0.452. The largest absolute Gasteiger partial charge is 0.507 e. The van der Waals surface area contributed by atoms with Crippen LogP contribution in [0, 0.1) is 7.14 Å².